The van der Waals surface area contributed by atoms with Crippen molar-refractivity contribution in [2.24, 2.45) is 12.0 Å². The molecule has 0 aromatic carbocycles. The lowest BCUT2D eigenvalue weighted by Gasteiger charge is -2.22. The molecule has 0 saturated carbocycles. The highest BCUT2D eigenvalue weighted by Gasteiger charge is 2.09. The van der Waals surface area contributed by atoms with Crippen molar-refractivity contribution in [3.05, 3.63) is 52.0 Å². The van der Waals surface area contributed by atoms with Crippen molar-refractivity contribution in [1.29, 1.82) is 0 Å². The molecule has 2 rings (SSSR count). The van der Waals surface area contributed by atoms with Gasteiger partial charge in [-0.3, -0.25) is 4.99 Å². The Bertz CT molecular complexity index is 670. The zero-order valence-electron chi connectivity index (χ0n) is 14.0. The number of pyridine rings is 1. The first-order valence-corrected chi connectivity index (χ1v) is 8.08. The van der Waals surface area contributed by atoms with E-state index in [1.807, 2.05) is 37.0 Å². The third-order valence-corrected chi connectivity index (χ3v) is 3.96. The summed E-state index contributed by atoms with van der Waals surface area (Å²) in [6.45, 7) is 1.50. The van der Waals surface area contributed by atoms with Crippen LogP contribution in [0.2, 0.25) is 10.2 Å². The van der Waals surface area contributed by atoms with Crippen molar-refractivity contribution in [2.75, 3.05) is 20.6 Å². The normalized spacial score (nSPS) is 11.1. The first-order chi connectivity index (χ1) is 11.0. The van der Waals surface area contributed by atoms with Gasteiger partial charge in [0, 0.05) is 45.8 Å². The molecule has 2 heterocycles. The molecular formula is C16H22Cl2IN5. The molecule has 5 nitrogen and oxygen atoms in total. The third kappa shape index (κ3) is 6.14. The summed E-state index contributed by atoms with van der Waals surface area (Å²) < 4.78 is 2.02. The number of rotatable bonds is 5. The van der Waals surface area contributed by atoms with E-state index >= 15 is 0 Å². The second-order valence-corrected chi connectivity index (χ2v) is 6.15. The van der Waals surface area contributed by atoms with Crippen molar-refractivity contribution >= 4 is 53.1 Å². The first-order valence-electron chi connectivity index (χ1n) is 7.32. The van der Waals surface area contributed by atoms with E-state index < -0.39 is 0 Å². The summed E-state index contributed by atoms with van der Waals surface area (Å²) in [4.78, 5) is 10.5. The number of aliphatic imine (C=N–C) groups is 1. The number of aromatic nitrogens is 2. The fourth-order valence-electron chi connectivity index (χ4n) is 2.30. The lowest BCUT2D eigenvalue weighted by Crippen LogP contribution is -2.39. The number of halogens is 3. The number of guanidine groups is 1. The second kappa shape index (κ2) is 10.1. The van der Waals surface area contributed by atoms with E-state index in [0.717, 1.165) is 41.7 Å². The summed E-state index contributed by atoms with van der Waals surface area (Å²) in [5.74, 6) is 0.837. The van der Waals surface area contributed by atoms with Crippen LogP contribution in [0.15, 0.2) is 35.6 Å². The number of nitrogens with zero attached hydrogens (tertiary/aromatic N) is 4. The maximum atomic E-state index is 6.02. The van der Waals surface area contributed by atoms with Crippen LogP contribution in [0.25, 0.3) is 0 Å². The van der Waals surface area contributed by atoms with Crippen LogP contribution in [0.4, 0.5) is 0 Å². The van der Waals surface area contributed by atoms with Gasteiger partial charge in [0.1, 0.15) is 5.15 Å². The summed E-state index contributed by atoms with van der Waals surface area (Å²) in [6.07, 6.45) is 4.55. The van der Waals surface area contributed by atoms with Gasteiger partial charge in [-0.2, -0.15) is 0 Å². The molecule has 0 aliphatic heterocycles. The molecule has 0 saturated heterocycles. The average molecular weight is 482 g/mol. The molecule has 0 atom stereocenters. The lowest BCUT2D eigenvalue weighted by atomic mass is 10.2. The monoisotopic (exact) mass is 481 g/mol. The molecule has 2 aromatic heterocycles. The number of hydrogen-bond donors (Lipinski definition) is 1. The molecule has 0 unspecified atom stereocenters. The van der Waals surface area contributed by atoms with E-state index in [-0.39, 0.29) is 24.0 Å². The Balaban J connectivity index is 0.00000288. The SMILES string of the molecule is CN=C(NCCc1ccc(Cl)nc1)N(C)Cc1cc(Cl)cn1C.I. The van der Waals surface area contributed by atoms with Gasteiger partial charge in [0.2, 0.25) is 0 Å². The minimum Gasteiger partial charge on any atom is -0.356 e. The first kappa shape index (κ1) is 21.1. The third-order valence-electron chi connectivity index (χ3n) is 3.53. The highest BCUT2D eigenvalue weighted by Crippen LogP contribution is 2.14. The highest BCUT2D eigenvalue weighted by atomic mass is 127. The Labute approximate surface area is 170 Å². The average Bonchev–Trinajstić information content (AvgIpc) is 2.83. The van der Waals surface area contributed by atoms with Crippen molar-refractivity contribution < 1.29 is 0 Å². The molecule has 2 aromatic rings. The van der Waals surface area contributed by atoms with Gasteiger partial charge in [-0.05, 0) is 24.1 Å². The Kier molecular flexibility index (Phi) is 8.86. The molecule has 1 N–H and O–H groups in total. The van der Waals surface area contributed by atoms with E-state index in [2.05, 4.69) is 20.2 Å². The van der Waals surface area contributed by atoms with Gasteiger partial charge < -0.3 is 14.8 Å². The zero-order chi connectivity index (χ0) is 16.8. The van der Waals surface area contributed by atoms with Gasteiger partial charge in [-0.15, -0.1) is 24.0 Å². The summed E-state index contributed by atoms with van der Waals surface area (Å²) in [5, 5.41) is 4.61. The van der Waals surface area contributed by atoms with Crippen LogP contribution in [-0.2, 0) is 20.0 Å². The summed E-state index contributed by atoms with van der Waals surface area (Å²) in [5.41, 5.74) is 2.26. The Hall–Kier alpha value is -0.990. The van der Waals surface area contributed by atoms with E-state index in [4.69, 9.17) is 23.2 Å². The van der Waals surface area contributed by atoms with Crippen LogP contribution >= 0.6 is 47.2 Å². The minimum atomic E-state index is 0. The Morgan fingerprint density at radius 1 is 1.38 bits per heavy atom. The van der Waals surface area contributed by atoms with Gasteiger partial charge >= 0.3 is 0 Å². The van der Waals surface area contributed by atoms with Crippen LogP contribution in [-0.4, -0.2) is 41.1 Å². The van der Waals surface area contributed by atoms with Crippen LogP contribution in [0.3, 0.4) is 0 Å². The number of hydrogen-bond acceptors (Lipinski definition) is 2. The maximum absolute atomic E-state index is 6.02. The van der Waals surface area contributed by atoms with Crippen molar-refractivity contribution in [2.45, 2.75) is 13.0 Å². The Morgan fingerprint density at radius 3 is 2.67 bits per heavy atom. The van der Waals surface area contributed by atoms with Gasteiger partial charge in [-0.25, -0.2) is 4.98 Å². The number of nitrogens with one attached hydrogen (secondary N) is 1. The van der Waals surface area contributed by atoms with Gasteiger partial charge in [0.05, 0.1) is 11.6 Å². The summed E-state index contributed by atoms with van der Waals surface area (Å²) in [6, 6.07) is 5.75. The molecule has 0 spiro atoms. The lowest BCUT2D eigenvalue weighted by molar-refractivity contribution is 0.462. The predicted molar refractivity (Wildman–Crippen MR) is 112 cm³/mol. The maximum Gasteiger partial charge on any atom is 0.193 e. The van der Waals surface area contributed by atoms with Crippen molar-refractivity contribution in [3.63, 3.8) is 0 Å². The minimum absolute atomic E-state index is 0. The number of aryl methyl sites for hydroxylation is 1. The smallest absolute Gasteiger partial charge is 0.193 e. The summed E-state index contributed by atoms with van der Waals surface area (Å²) in [7, 11) is 5.76. The van der Waals surface area contributed by atoms with Gasteiger partial charge in [0.15, 0.2) is 5.96 Å². The molecule has 0 radical (unpaired) electrons. The van der Waals surface area contributed by atoms with Crippen LogP contribution < -0.4 is 5.32 Å². The van der Waals surface area contributed by atoms with Crippen LogP contribution in [0.1, 0.15) is 11.3 Å². The van der Waals surface area contributed by atoms with Crippen molar-refractivity contribution in [1.82, 2.24) is 19.8 Å². The largest absolute Gasteiger partial charge is 0.356 e. The fourth-order valence-corrected chi connectivity index (χ4v) is 2.68. The standard InChI is InChI=1S/C16H21Cl2N5.HI/c1-19-16(20-7-6-12-4-5-15(18)21-9-12)23(3)11-14-8-13(17)10-22(14)2;/h4-5,8-10H,6-7,11H2,1-3H3,(H,19,20);1H. The zero-order valence-corrected chi connectivity index (χ0v) is 17.8. The molecule has 24 heavy (non-hydrogen) atoms. The molecule has 0 bridgehead atoms. The molecule has 0 aliphatic rings. The molecule has 8 heteroatoms. The second-order valence-electron chi connectivity index (χ2n) is 5.33. The van der Waals surface area contributed by atoms with E-state index in [0.29, 0.717) is 5.15 Å². The quantitative estimate of drug-likeness (QED) is 0.307. The molecule has 0 amide bonds. The van der Waals surface area contributed by atoms with Crippen LogP contribution in [0, 0.1) is 0 Å². The highest BCUT2D eigenvalue weighted by molar-refractivity contribution is 14.0. The molecular weight excluding hydrogens is 460 g/mol. The topological polar surface area (TPSA) is 45.5 Å². The fraction of sp³-hybridized carbons (Fsp3) is 0.375. The summed E-state index contributed by atoms with van der Waals surface area (Å²) >= 11 is 11.8. The Morgan fingerprint density at radius 2 is 2.12 bits per heavy atom. The van der Waals surface area contributed by atoms with E-state index in [1.54, 1.807) is 19.3 Å². The molecule has 132 valence electrons. The van der Waals surface area contributed by atoms with Gasteiger partial charge in [-0.1, -0.05) is 29.3 Å². The molecule has 0 aliphatic carbocycles. The van der Waals surface area contributed by atoms with Gasteiger partial charge in [0.25, 0.3) is 0 Å². The molecule has 0 fully saturated rings. The van der Waals surface area contributed by atoms with E-state index in [9.17, 15) is 0 Å². The van der Waals surface area contributed by atoms with Crippen LogP contribution in [0.5, 0.6) is 0 Å². The van der Waals surface area contributed by atoms with E-state index in [1.165, 1.54) is 0 Å². The predicted octanol–water partition coefficient (Wildman–Crippen LogP) is 3.59. The van der Waals surface area contributed by atoms with Crippen molar-refractivity contribution in [3.8, 4) is 0 Å².